The van der Waals surface area contributed by atoms with Crippen LogP contribution in [-0.2, 0) is 13.1 Å². The topological polar surface area (TPSA) is 72.9 Å². The zero-order valence-electron chi connectivity index (χ0n) is 11.2. The fourth-order valence-corrected chi connectivity index (χ4v) is 1.86. The third-order valence-corrected chi connectivity index (χ3v) is 2.96. The number of nitrogen functional groups attached to an aromatic ring is 1. The fourth-order valence-electron chi connectivity index (χ4n) is 1.86. The van der Waals surface area contributed by atoms with Crippen LogP contribution in [-0.4, -0.2) is 15.7 Å². The van der Waals surface area contributed by atoms with E-state index >= 15 is 0 Å². The first-order valence-electron chi connectivity index (χ1n) is 6.27. The maximum absolute atomic E-state index is 12.1. The van der Waals surface area contributed by atoms with Crippen LogP contribution in [0.3, 0.4) is 0 Å². The standard InChI is InChI=1S/C14H18N4O/c1-3-18-13(12(15)9-17-18)14(19)16-8-11-6-4-10(2)5-7-11/h4-7,9H,3,8,15H2,1-2H3,(H,16,19). The molecule has 1 amide bonds. The largest absolute Gasteiger partial charge is 0.396 e. The number of hydrogen-bond acceptors (Lipinski definition) is 3. The Morgan fingerprint density at radius 1 is 1.37 bits per heavy atom. The molecule has 5 nitrogen and oxygen atoms in total. The van der Waals surface area contributed by atoms with Crippen LogP contribution in [0, 0.1) is 6.92 Å². The summed E-state index contributed by atoms with van der Waals surface area (Å²) in [5.41, 5.74) is 8.85. The quantitative estimate of drug-likeness (QED) is 0.877. The van der Waals surface area contributed by atoms with Gasteiger partial charge in [-0.15, -0.1) is 0 Å². The highest BCUT2D eigenvalue weighted by molar-refractivity contribution is 5.97. The van der Waals surface area contributed by atoms with Crippen molar-refractivity contribution in [2.24, 2.45) is 0 Å². The van der Waals surface area contributed by atoms with Gasteiger partial charge < -0.3 is 11.1 Å². The zero-order valence-corrected chi connectivity index (χ0v) is 11.2. The molecule has 3 N–H and O–H groups in total. The first-order chi connectivity index (χ1) is 9.11. The molecular weight excluding hydrogens is 240 g/mol. The second-order valence-electron chi connectivity index (χ2n) is 4.43. The first kappa shape index (κ1) is 13.1. The van der Waals surface area contributed by atoms with Crippen LogP contribution in [0.25, 0.3) is 0 Å². The molecule has 100 valence electrons. The smallest absolute Gasteiger partial charge is 0.271 e. The Morgan fingerprint density at radius 3 is 2.68 bits per heavy atom. The lowest BCUT2D eigenvalue weighted by Gasteiger charge is -2.08. The molecule has 1 aromatic carbocycles. The summed E-state index contributed by atoms with van der Waals surface area (Å²) in [6, 6.07) is 8.03. The number of nitrogens with zero attached hydrogens (tertiary/aromatic N) is 2. The number of benzene rings is 1. The molecule has 0 saturated carbocycles. The van der Waals surface area contributed by atoms with Gasteiger partial charge in [-0.25, -0.2) is 0 Å². The summed E-state index contributed by atoms with van der Waals surface area (Å²) in [6.07, 6.45) is 1.50. The first-order valence-corrected chi connectivity index (χ1v) is 6.27. The van der Waals surface area contributed by atoms with Gasteiger partial charge in [0.15, 0.2) is 0 Å². The number of amides is 1. The predicted molar refractivity (Wildman–Crippen MR) is 74.7 cm³/mol. The third kappa shape index (κ3) is 2.93. The Morgan fingerprint density at radius 2 is 2.05 bits per heavy atom. The highest BCUT2D eigenvalue weighted by atomic mass is 16.2. The molecule has 0 aliphatic carbocycles. The number of carbonyl (C=O) groups is 1. The maximum Gasteiger partial charge on any atom is 0.271 e. The minimum Gasteiger partial charge on any atom is -0.396 e. The van der Waals surface area contributed by atoms with Gasteiger partial charge in [0.25, 0.3) is 5.91 Å². The van der Waals surface area contributed by atoms with Crippen molar-refractivity contribution in [2.75, 3.05) is 5.73 Å². The van der Waals surface area contributed by atoms with Crippen molar-refractivity contribution < 1.29 is 4.79 Å². The Labute approximate surface area is 112 Å². The Balaban J connectivity index is 2.05. The molecule has 0 unspecified atom stereocenters. The summed E-state index contributed by atoms with van der Waals surface area (Å²) < 4.78 is 1.60. The molecule has 0 bridgehead atoms. The molecule has 2 rings (SSSR count). The molecule has 0 radical (unpaired) electrons. The molecular formula is C14H18N4O. The van der Waals surface area contributed by atoms with E-state index < -0.39 is 0 Å². The Bertz CT molecular complexity index is 572. The van der Waals surface area contributed by atoms with Gasteiger partial charge in [0, 0.05) is 13.1 Å². The van der Waals surface area contributed by atoms with Crippen molar-refractivity contribution in [3.63, 3.8) is 0 Å². The summed E-state index contributed by atoms with van der Waals surface area (Å²) in [5.74, 6) is -0.197. The highest BCUT2D eigenvalue weighted by Gasteiger charge is 2.15. The van der Waals surface area contributed by atoms with Gasteiger partial charge in [0.05, 0.1) is 11.9 Å². The molecule has 2 aromatic rings. The van der Waals surface area contributed by atoms with E-state index in [4.69, 9.17) is 5.73 Å². The van der Waals surface area contributed by atoms with E-state index in [0.29, 0.717) is 24.5 Å². The number of aromatic nitrogens is 2. The summed E-state index contributed by atoms with van der Waals surface area (Å²) in [4.78, 5) is 12.1. The lowest BCUT2D eigenvalue weighted by molar-refractivity contribution is 0.0941. The number of nitrogens with two attached hydrogens (primary N) is 1. The monoisotopic (exact) mass is 258 g/mol. The number of aryl methyl sites for hydroxylation is 2. The lowest BCUT2D eigenvalue weighted by Crippen LogP contribution is -2.26. The fraction of sp³-hybridized carbons (Fsp3) is 0.286. The van der Waals surface area contributed by atoms with E-state index in [-0.39, 0.29) is 5.91 Å². The lowest BCUT2D eigenvalue weighted by atomic mass is 10.1. The number of carbonyl (C=O) groups excluding carboxylic acids is 1. The maximum atomic E-state index is 12.1. The summed E-state index contributed by atoms with van der Waals surface area (Å²) in [7, 11) is 0. The molecule has 0 spiro atoms. The van der Waals surface area contributed by atoms with Crippen LogP contribution in [0.2, 0.25) is 0 Å². The summed E-state index contributed by atoms with van der Waals surface area (Å²) >= 11 is 0. The van der Waals surface area contributed by atoms with Crippen LogP contribution < -0.4 is 11.1 Å². The van der Waals surface area contributed by atoms with Crippen molar-refractivity contribution in [3.05, 3.63) is 47.3 Å². The van der Waals surface area contributed by atoms with E-state index in [1.165, 1.54) is 11.8 Å². The van der Waals surface area contributed by atoms with E-state index in [2.05, 4.69) is 10.4 Å². The van der Waals surface area contributed by atoms with Crippen molar-refractivity contribution in [2.45, 2.75) is 26.9 Å². The molecule has 0 aliphatic heterocycles. The number of rotatable bonds is 4. The highest BCUT2D eigenvalue weighted by Crippen LogP contribution is 2.11. The van der Waals surface area contributed by atoms with Crippen molar-refractivity contribution in [1.82, 2.24) is 15.1 Å². The van der Waals surface area contributed by atoms with Gasteiger partial charge in [0.1, 0.15) is 5.69 Å². The minimum atomic E-state index is -0.197. The van der Waals surface area contributed by atoms with Gasteiger partial charge >= 0.3 is 0 Å². The molecule has 19 heavy (non-hydrogen) atoms. The molecule has 1 aromatic heterocycles. The molecule has 1 heterocycles. The number of anilines is 1. The van der Waals surface area contributed by atoms with Gasteiger partial charge in [-0.1, -0.05) is 29.8 Å². The SMILES string of the molecule is CCn1ncc(N)c1C(=O)NCc1ccc(C)cc1. The second-order valence-corrected chi connectivity index (χ2v) is 4.43. The summed E-state index contributed by atoms with van der Waals surface area (Å²) in [6.45, 7) is 5.05. The van der Waals surface area contributed by atoms with E-state index in [0.717, 1.165) is 5.56 Å². The van der Waals surface area contributed by atoms with Crippen LogP contribution >= 0.6 is 0 Å². The third-order valence-electron chi connectivity index (χ3n) is 2.96. The minimum absolute atomic E-state index is 0.197. The van der Waals surface area contributed by atoms with E-state index in [9.17, 15) is 4.79 Å². The molecule has 5 heteroatoms. The van der Waals surface area contributed by atoms with E-state index in [1.807, 2.05) is 38.1 Å². The van der Waals surface area contributed by atoms with Crippen molar-refractivity contribution in [3.8, 4) is 0 Å². The van der Waals surface area contributed by atoms with Gasteiger partial charge in [0.2, 0.25) is 0 Å². The zero-order chi connectivity index (χ0) is 13.8. The van der Waals surface area contributed by atoms with Gasteiger partial charge in [-0.05, 0) is 19.4 Å². The molecule has 0 aliphatic rings. The van der Waals surface area contributed by atoms with Crippen LogP contribution in [0.5, 0.6) is 0 Å². The van der Waals surface area contributed by atoms with Crippen molar-refractivity contribution in [1.29, 1.82) is 0 Å². The molecule has 0 fully saturated rings. The number of nitrogens with one attached hydrogen (secondary N) is 1. The van der Waals surface area contributed by atoms with Crippen LogP contribution in [0.15, 0.2) is 30.5 Å². The van der Waals surface area contributed by atoms with Gasteiger partial charge in [-0.2, -0.15) is 5.10 Å². The van der Waals surface area contributed by atoms with Crippen molar-refractivity contribution >= 4 is 11.6 Å². The van der Waals surface area contributed by atoms with Crippen LogP contribution in [0.4, 0.5) is 5.69 Å². The van der Waals surface area contributed by atoms with E-state index in [1.54, 1.807) is 4.68 Å². The molecule has 0 saturated heterocycles. The van der Waals surface area contributed by atoms with Crippen LogP contribution in [0.1, 0.15) is 28.5 Å². The Kier molecular flexibility index (Phi) is 3.85. The normalized spacial score (nSPS) is 10.4. The average Bonchev–Trinajstić information content (AvgIpc) is 2.79. The number of hydrogen-bond donors (Lipinski definition) is 2. The second kappa shape index (κ2) is 5.56. The predicted octanol–water partition coefficient (Wildman–Crippen LogP) is 1.72. The molecule has 0 atom stereocenters. The average molecular weight is 258 g/mol. The summed E-state index contributed by atoms with van der Waals surface area (Å²) in [5, 5.41) is 6.91. The Hall–Kier alpha value is -2.30. The van der Waals surface area contributed by atoms with Gasteiger partial charge in [-0.3, -0.25) is 9.48 Å².